The average molecular weight is 280 g/mol. The Balaban J connectivity index is 1.67. The van der Waals surface area contributed by atoms with Gasteiger partial charge in [-0.15, -0.1) is 11.3 Å². The summed E-state index contributed by atoms with van der Waals surface area (Å²) >= 11 is 1.50. The van der Waals surface area contributed by atoms with Crippen LogP contribution in [0.1, 0.15) is 23.4 Å². The molecule has 1 aromatic heterocycles. The van der Waals surface area contributed by atoms with Crippen LogP contribution in [0.5, 0.6) is 0 Å². The van der Waals surface area contributed by atoms with Crippen molar-refractivity contribution in [2.45, 2.75) is 31.7 Å². The number of amides is 2. The zero-order valence-corrected chi connectivity index (χ0v) is 11.3. The highest BCUT2D eigenvalue weighted by Gasteiger charge is 2.29. The average Bonchev–Trinajstić information content (AvgIpc) is 2.94. The van der Waals surface area contributed by atoms with Crippen molar-refractivity contribution in [2.24, 2.45) is 11.7 Å². The number of thiazole rings is 1. The summed E-state index contributed by atoms with van der Waals surface area (Å²) in [6.07, 6.45) is 2.94. The SMILES string of the molecule is N[C@H]1CCc2nc(NC(=O)C3CNC(=O)C3)sc2C1. The minimum atomic E-state index is -0.282. The molecule has 102 valence electrons. The van der Waals surface area contributed by atoms with Crippen LogP contribution in [0.2, 0.25) is 0 Å². The van der Waals surface area contributed by atoms with E-state index in [0.717, 1.165) is 25.0 Å². The summed E-state index contributed by atoms with van der Waals surface area (Å²) in [6.45, 7) is 0.417. The molecule has 1 unspecified atom stereocenters. The zero-order valence-electron chi connectivity index (χ0n) is 10.4. The predicted molar refractivity (Wildman–Crippen MR) is 71.9 cm³/mol. The van der Waals surface area contributed by atoms with Gasteiger partial charge in [0.15, 0.2) is 5.13 Å². The van der Waals surface area contributed by atoms with Gasteiger partial charge < -0.3 is 16.4 Å². The molecule has 0 radical (unpaired) electrons. The van der Waals surface area contributed by atoms with Crippen molar-refractivity contribution in [3.8, 4) is 0 Å². The number of hydrogen-bond donors (Lipinski definition) is 3. The van der Waals surface area contributed by atoms with E-state index in [0.29, 0.717) is 11.7 Å². The quantitative estimate of drug-likeness (QED) is 0.712. The van der Waals surface area contributed by atoms with Crippen molar-refractivity contribution in [1.29, 1.82) is 0 Å². The highest BCUT2D eigenvalue weighted by molar-refractivity contribution is 7.15. The van der Waals surface area contributed by atoms with Crippen molar-refractivity contribution in [3.63, 3.8) is 0 Å². The maximum atomic E-state index is 12.0. The molecule has 2 heterocycles. The first-order chi connectivity index (χ1) is 9.11. The van der Waals surface area contributed by atoms with Crippen molar-refractivity contribution in [1.82, 2.24) is 10.3 Å². The molecule has 1 aliphatic carbocycles. The van der Waals surface area contributed by atoms with Gasteiger partial charge in [-0.3, -0.25) is 9.59 Å². The van der Waals surface area contributed by atoms with E-state index in [-0.39, 0.29) is 30.2 Å². The van der Waals surface area contributed by atoms with E-state index >= 15 is 0 Å². The second-order valence-corrected chi connectivity index (χ2v) is 6.17. The number of anilines is 1. The molecule has 2 aliphatic rings. The second kappa shape index (κ2) is 4.90. The summed E-state index contributed by atoms with van der Waals surface area (Å²) in [5, 5.41) is 6.10. The fraction of sp³-hybridized carbons (Fsp3) is 0.583. The topological polar surface area (TPSA) is 97.1 Å². The Labute approximate surface area is 114 Å². The summed E-state index contributed by atoms with van der Waals surface area (Å²) in [5.74, 6) is -0.478. The van der Waals surface area contributed by atoms with E-state index in [1.807, 2.05) is 0 Å². The first-order valence-electron chi connectivity index (χ1n) is 6.43. The fourth-order valence-electron chi connectivity index (χ4n) is 2.45. The molecule has 0 saturated carbocycles. The monoisotopic (exact) mass is 280 g/mol. The molecule has 1 fully saturated rings. The molecular weight excluding hydrogens is 264 g/mol. The molecule has 7 heteroatoms. The number of carbonyl (C=O) groups is 2. The van der Waals surface area contributed by atoms with Crippen LogP contribution >= 0.6 is 11.3 Å². The largest absolute Gasteiger partial charge is 0.355 e. The minimum Gasteiger partial charge on any atom is -0.355 e. The lowest BCUT2D eigenvalue weighted by molar-refractivity contribution is -0.123. The molecule has 19 heavy (non-hydrogen) atoms. The van der Waals surface area contributed by atoms with E-state index < -0.39 is 0 Å². The summed E-state index contributed by atoms with van der Waals surface area (Å²) < 4.78 is 0. The maximum Gasteiger partial charge on any atom is 0.231 e. The molecule has 6 nitrogen and oxygen atoms in total. The van der Waals surface area contributed by atoms with Gasteiger partial charge in [0.2, 0.25) is 11.8 Å². The Morgan fingerprint density at radius 2 is 2.32 bits per heavy atom. The van der Waals surface area contributed by atoms with Gasteiger partial charge in [-0.05, 0) is 19.3 Å². The smallest absolute Gasteiger partial charge is 0.231 e. The van der Waals surface area contributed by atoms with E-state index in [1.165, 1.54) is 16.2 Å². The number of hydrogen-bond acceptors (Lipinski definition) is 5. The lowest BCUT2D eigenvalue weighted by Crippen LogP contribution is -2.27. The van der Waals surface area contributed by atoms with Crippen LogP contribution in [0.15, 0.2) is 0 Å². The van der Waals surface area contributed by atoms with Gasteiger partial charge in [0, 0.05) is 23.9 Å². The first-order valence-corrected chi connectivity index (χ1v) is 7.25. The number of nitrogens with two attached hydrogens (primary N) is 1. The number of fused-ring (bicyclic) bond motifs is 1. The maximum absolute atomic E-state index is 12.0. The molecule has 0 aromatic carbocycles. The second-order valence-electron chi connectivity index (χ2n) is 5.09. The van der Waals surface area contributed by atoms with Crippen LogP contribution in [-0.2, 0) is 22.4 Å². The Hall–Kier alpha value is -1.47. The zero-order chi connectivity index (χ0) is 13.4. The Morgan fingerprint density at radius 3 is 3.05 bits per heavy atom. The van der Waals surface area contributed by atoms with Crippen LogP contribution in [-0.4, -0.2) is 29.4 Å². The third kappa shape index (κ3) is 2.62. The summed E-state index contributed by atoms with van der Waals surface area (Å²) in [4.78, 5) is 28.7. The highest BCUT2D eigenvalue weighted by Crippen LogP contribution is 2.29. The Bertz CT molecular complexity index is 528. The van der Waals surface area contributed by atoms with Crippen molar-refractivity contribution >= 4 is 28.3 Å². The lowest BCUT2D eigenvalue weighted by Gasteiger charge is -2.15. The molecule has 0 spiro atoms. The van der Waals surface area contributed by atoms with Crippen LogP contribution in [0.3, 0.4) is 0 Å². The normalized spacial score (nSPS) is 25.8. The number of rotatable bonds is 2. The Kier molecular flexibility index (Phi) is 3.24. The molecule has 3 rings (SSSR count). The van der Waals surface area contributed by atoms with Gasteiger partial charge >= 0.3 is 0 Å². The van der Waals surface area contributed by atoms with Gasteiger partial charge in [-0.25, -0.2) is 4.98 Å². The molecule has 4 N–H and O–H groups in total. The highest BCUT2D eigenvalue weighted by atomic mass is 32.1. The van der Waals surface area contributed by atoms with Gasteiger partial charge in [0.05, 0.1) is 11.6 Å². The summed E-state index contributed by atoms with van der Waals surface area (Å²) in [6, 6.07) is 0.202. The standard InChI is InChI=1S/C12H16N4O2S/c13-7-1-2-8-9(4-7)19-12(15-8)16-11(18)6-3-10(17)14-5-6/h6-7H,1-5,13H2,(H,14,17)(H,15,16,18)/t6?,7-/m0/s1. The molecule has 2 atom stereocenters. The number of aromatic nitrogens is 1. The van der Waals surface area contributed by atoms with Crippen molar-refractivity contribution in [3.05, 3.63) is 10.6 Å². The van der Waals surface area contributed by atoms with Crippen LogP contribution in [0.25, 0.3) is 0 Å². The van der Waals surface area contributed by atoms with Crippen LogP contribution < -0.4 is 16.4 Å². The number of aryl methyl sites for hydroxylation is 1. The molecule has 1 aromatic rings. The third-order valence-corrected chi connectivity index (χ3v) is 4.59. The van der Waals surface area contributed by atoms with Crippen molar-refractivity contribution in [2.75, 3.05) is 11.9 Å². The number of nitrogens with zero attached hydrogens (tertiary/aromatic N) is 1. The Morgan fingerprint density at radius 1 is 1.47 bits per heavy atom. The molecule has 2 amide bonds. The number of nitrogens with one attached hydrogen (secondary N) is 2. The third-order valence-electron chi connectivity index (χ3n) is 3.56. The van der Waals surface area contributed by atoms with E-state index in [4.69, 9.17) is 5.73 Å². The van der Waals surface area contributed by atoms with Gasteiger partial charge in [-0.1, -0.05) is 0 Å². The van der Waals surface area contributed by atoms with E-state index in [2.05, 4.69) is 15.6 Å². The molecular formula is C12H16N4O2S. The number of carbonyl (C=O) groups excluding carboxylic acids is 2. The van der Waals surface area contributed by atoms with Gasteiger partial charge in [0.25, 0.3) is 0 Å². The molecule has 0 bridgehead atoms. The molecule has 1 aliphatic heterocycles. The van der Waals surface area contributed by atoms with Crippen LogP contribution in [0.4, 0.5) is 5.13 Å². The molecule has 1 saturated heterocycles. The van der Waals surface area contributed by atoms with E-state index in [1.54, 1.807) is 0 Å². The summed E-state index contributed by atoms with van der Waals surface area (Å²) in [5.41, 5.74) is 6.98. The summed E-state index contributed by atoms with van der Waals surface area (Å²) in [7, 11) is 0. The fourth-order valence-corrected chi connectivity index (χ4v) is 3.56. The minimum absolute atomic E-state index is 0.0652. The van der Waals surface area contributed by atoms with Gasteiger partial charge in [0.1, 0.15) is 0 Å². The van der Waals surface area contributed by atoms with E-state index in [9.17, 15) is 9.59 Å². The van der Waals surface area contributed by atoms with Crippen LogP contribution in [0, 0.1) is 5.92 Å². The van der Waals surface area contributed by atoms with Gasteiger partial charge in [-0.2, -0.15) is 0 Å². The van der Waals surface area contributed by atoms with Crippen molar-refractivity contribution < 1.29 is 9.59 Å². The predicted octanol–water partition coefficient (Wildman–Crippen LogP) is 0.0337. The lowest BCUT2D eigenvalue weighted by atomic mass is 9.99. The first kappa shape index (κ1) is 12.6.